The molecule has 2 heterocycles. The number of phosphoric acid groups is 3. The predicted octanol–water partition coefficient (Wildman–Crippen LogP) is 1.03. The molecule has 29 heavy (non-hydrogen) atoms. The van der Waals surface area contributed by atoms with E-state index in [-0.39, 0.29) is 6.42 Å². The van der Waals surface area contributed by atoms with E-state index in [1.165, 1.54) is 6.33 Å². The molecule has 3 rings (SSSR count). The second-order valence-corrected chi connectivity index (χ2v) is 10.4. The Morgan fingerprint density at radius 3 is 2.48 bits per heavy atom. The molecular formula is C12H17N2O12P3. The topological polar surface area (TPSA) is 207 Å². The molecule has 2 aromatic rings. The van der Waals surface area contributed by atoms with Gasteiger partial charge in [-0.2, -0.15) is 8.62 Å². The molecule has 162 valence electrons. The molecule has 1 aromatic heterocycles. The molecule has 17 heteroatoms. The van der Waals surface area contributed by atoms with Gasteiger partial charge in [0, 0.05) is 6.42 Å². The molecule has 0 radical (unpaired) electrons. The second kappa shape index (κ2) is 8.27. The molecule has 1 aliphatic heterocycles. The molecule has 0 amide bonds. The molecule has 5 unspecified atom stereocenters. The smallest absolute Gasteiger partial charge is 0.390 e. The largest absolute Gasteiger partial charge is 0.490 e. The molecule has 1 fully saturated rings. The van der Waals surface area contributed by atoms with E-state index in [1.807, 2.05) is 0 Å². The molecule has 5 N–H and O–H groups in total. The standard InChI is InChI=1S/C12H17N2O12P3/c15-10-5-12(14-7-13-8-3-1-2-4-9(8)14)24-11(10)6-23-28(19,20)26-29(21,22)25-27(16,17)18/h1-4,7,10-12,15H,5-6H2,(H,19,20)(H,21,22)(H2,16,17,18). The average Bonchev–Trinajstić information content (AvgIpc) is 3.13. The number of fused-ring (bicyclic) bond motifs is 1. The lowest BCUT2D eigenvalue weighted by molar-refractivity contribution is -0.0421. The van der Waals surface area contributed by atoms with Gasteiger partial charge >= 0.3 is 23.5 Å². The van der Waals surface area contributed by atoms with Crippen molar-refractivity contribution < 1.29 is 56.3 Å². The summed E-state index contributed by atoms with van der Waals surface area (Å²) < 4.78 is 52.6. The summed E-state index contributed by atoms with van der Waals surface area (Å²) in [6.07, 6.45) is -1.27. The Kier molecular flexibility index (Phi) is 6.48. The number of hydrogen-bond acceptors (Lipinski definition) is 9. The van der Waals surface area contributed by atoms with Crippen LogP contribution >= 0.6 is 23.5 Å². The minimum absolute atomic E-state index is 0.102. The Morgan fingerprint density at radius 2 is 1.79 bits per heavy atom. The number of rotatable bonds is 8. The Hall–Kier alpha value is -0.980. The van der Waals surface area contributed by atoms with Crippen molar-refractivity contribution >= 4 is 34.5 Å². The molecule has 1 saturated heterocycles. The van der Waals surface area contributed by atoms with E-state index in [0.717, 1.165) is 5.52 Å². The van der Waals surface area contributed by atoms with Gasteiger partial charge < -0.3 is 34.0 Å². The Balaban J connectivity index is 1.61. The summed E-state index contributed by atoms with van der Waals surface area (Å²) in [6, 6.07) is 7.16. The van der Waals surface area contributed by atoms with Gasteiger partial charge in [-0.15, -0.1) is 0 Å². The first kappa shape index (κ1) is 22.7. The molecule has 0 spiro atoms. The lowest BCUT2D eigenvalue weighted by Gasteiger charge is -2.19. The van der Waals surface area contributed by atoms with Gasteiger partial charge in [0.1, 0.15) is 12.3 Å². The SMILES string of the molecule is O=P(O)(O)OP(=O)(O)OP(=O)(O)OCC1OC(n2cnc3ccccc32)CC1O. The van der Waals surface area contributed by atoms with Crippen LogP contribution < -0.4 is 0 Å². The van der Waals surface area contributed by atoms with Crippen LogP contribution in [0.25, 0.3) is 11.0 Å². The van der Waals surface area contributed by atoms with E-state index >= 15 is 0 Å². The van der Waals surface area contributed by atoms with Gasteiger partial charge in [0.15, 0.2) is 0 Å². The van der Waals surface area contributed by atoms with Crippen LogP contribution in [0, 0.1) is 0 Å². The number of ether oxygens (including phenoxy) is 1. The minimum atomic E-state index is -5.61. The molecule has 5 atom stereocenters. The Labute approximate surface area is 163 Å². The second-order valence-electron chi connectivity index (χ2n) is 5.96. The number of aliphatic hydroxyl groups is 1. The highest BCUT2D eigenvalue weighted by Gasteiger charge is 2.42. The van der Waals surface area contributed by atoms with E-state index < -0.39 is 48.5 Å². The highest BCUT2D eigenvalue weighted by Crippen LogP contribution is 2.66. The zero-order valence-corrected chi connectivity index (χ0v) is 17.0. The maximum absolute atomic E-state index is 11.8. The van der Waals surface area contributed by atoms with Crippen molar-refractivity contribution in [1.82, 2.24) is 9.55 Å². The van der Waals surface area contributed by atoms with Gasteiger partial charge in [-0.25, -0.2) is 18.7 Å². The molecule has 1 aromatic carbocycles. The third-order valence-electron chi connectivity index (χ3n) is 3.81. The molecule has 1 aliphatic rings. The van der Waals surface area contributed by atoms with E-state index in [9.17, 15) is 23.7 Å². The summed E-state index contributed by atoms with van der Waals surface area (Å²) in [5, 5.41) is 10.1. The third-order valence-corrected chi connectivity index (χ3v) is 7.62. The average molecular weight is 474 g/mol. The van der Waals surface area contributed by atoms with Crippen LogP contribution in [0.5, 0.6) is 0 Å². The quantitative estimate of drug-likeness (QED) is 0.339. The van der Waals surface area contributed by atoms with Crippen molar-refractivity contribution in [2.24, 2.45) is 0 Å². The van der Waals surface area contributed by atoms with Crippen LogP contribution in [-0.2, 0) is 31.6 Å². The molecular weight excluding hydrogens is 457 g/mol. The fourth-order valence-electron chi connectivity index (χ4n) is 2.71. The van der Waals surface area contributed by atoms with Crippen LogP contribution in [0.3, 0.4) is 0 Å². The monoisotopic (exact) mass is 474 g/mol. The first-order chi connectivity index (χ1) is 13.4. The zero-order chi connectivity index (χ0) is 21.4. The molecule has 0 bridgehead atoms. The zero-order valence-electron chi connectivity index (χ0n) is 14.4. The van der Waals surface area contributed by atoms with Crippen molar-refractivity contribution in [2.75, 3.05) is 6.61 Å². The predicted molar refractivity (Wildman–Crippen MR) is 94.1 cm³/mol. The molecule has 0 saturated carbocycles. The fourth-order valence-corrected chi connectivity index (χ4v) is 5.74. The summed E-state index contributed by atoms with van der Waals surface area (Å²) in [4.78, 5) is 39.8. The normalized spacial score (nSPS) is 27.0. The van der Waals surface area contributed by atoms with Crippen LogP contribution in [0.15, 0.2) is 30.6 Å². The summed E-state index contributed by atoms with van der Waals surface area (Å²) in [6.45, 7) is -0.728. The Morgan fingerprint density at radius 1 is 1.10 bits per heavy atom. The van der Waals surface area contributed by atoms with Gasteiger partial charge in [0.2, 0.25) is 0 Å². The summed E-state index contributed by atoms with van der Waals surface area (Å²) in [5.41, 5.74) is 1.43. The summed E-state index contributed by atoms with van der Waals surface area (Å²) in [7, 11) is -16.4. The van der Waals surface area contributed by atoms with Gasteiger partial charge in [-0.1, -0.05) is 12.1 Å². The lowest BCUT2D eigenvalue weighted by Crippen LogP contribution is -2.26. The van der Waals surface area contributed by atoms with Gasteiger partial charge in [-0.05, 0) is 12.1 Å². The number of phosphoric ester groups is 1. The Bertz CT molecular complexity index is 1020. The van der Waals surface area contributed by atoms with Crippen LogP contribution in [0.1, 0.15) is 12.6 Å². The maximum atomic E-state index is 11.8. The summed E-state index contributed by atoms with van der Waals surface area (Å²) >= 11 is 0. The number of para-hydroxylation sites is 2. The number of aromatic nitrogens is 2. The van der Waals surface area contributed by atoms with Gasteiger partial charge in [0.25, 0.3) is 0 Å². The van der Waals surface area contributed by atoms with Crippen molar-refractivity contribution in [2.45, 2.75) is 24.9 Å². The summed E-state index contributed by atoms with van der Waals surface area (Å²) in [5.74, 6) is 0. The molecule has 14 nitrogen and oxygen atoms in total. The minimum Gasteiger partial charge on any atom is -0.390 e. The van der Waals surface area contributed by atoms with Crippen LogP contribution in [0.4, 0.5) is 0 Å². The van der Waals surface area contributed by atoms with Crippen LogP contribution in [-0.4, -0.2) is 53.0 Å². The number of nitrogens with zero attached hydrogens (tertiary/aromatic N) is 2. The number of aliphatic hydroxyl groups excluding tert-OH is 1. The highest BCUT2D eigenvalue weighted by molar-refractivity contribution is 7.66. The van der Waals surface area contributed by atoms with Crippen molar-refractivity contribution in [1.29, 1.82) is 0 Å². The lowest BCUT2D eigenvalue weighted by atomic mass is 10.2. The first-order valence-electron chi connectivity index (χ1n) is 7.89. The third kappa shape index (κ3) is 6.02. The van der Waals surface area contributed by atoms with Gasteiger partial charge in [-0.3, -0.25) is 4.52 Å². The van der Waals surface area contributed by atoms with E-state index in [4.69, 9.17) is 19.4 Å². The maximum Gasteiger partial charge on any atom is 0.490 e. The number of benzene rings is 1. The van der Waals surface area contributed by atoms with E-state index in [2.05, 4.69) is 18.1 Å². The van der Waals surface area contributed by atoms with Crippen LogP contribution in [0.2, 0.25) is 0 Å². The number of imidazole rings is 1. The molecule has 0 aliphatic carbocycles. The highest BCUT2D eigenvalue weighted by atomic mass is 31.3. The first-order valence-corrected chi connectivity index (χ1v) is 12.4. The van der Waals surface area contributed by atoms with Crippen molar-refractivity contribution in [3.8, 4) is 0 Å². The van der Waals surface area contributed by atoms with E-state index in [1.54, 1.807) is 28.8 Å². The fraction of sp³-hybridized carbons (Fsp3) is 0.417. The van der Waals surface area contributed by atoms with E-state index in [0.29, 0.717) is 5.52 Å². The van der Waals surface area contributed by atoms with Crippen molar-refractivity contribution in [3.05, 3.63) is 30.6 Å². The van der Waals surface area contributed by atoms with Gasteiger partial charge in [0.05, 0.1) is 30.1 Å². The van der Waals surface area contributed by atoms with Crippen molar-refractivity contribution in [3.63, 3.8) is 0 Å². The number of hydrogen-bond donors (Lipinski definition) is 5.